The highest BCUT2D eigenvalue weighted by atomic mass is 32.2. The molecule has 1 atom stereocenters. The van der Waals surface area contributed by atoms with E-state index in [2.05, 4.69) is 0 Å². The fourth-order valence-electron chi connectivity index (χ4n) is 1.97. The Bertz CT molecular complexity index is 658. The van der Waals surface area contributed by atoms with Crippen molar-refractivity contribution in [3.63, 3.8) is 0 Å². The summed E-state index contributed by atoms with van der Waals surface area (Å²) in [6, 6.07) is 13.5. The summed E-state index contributed by atoms with van der Waals surface area (Å²) in [6.07, 6.45) is 0. The lowest BCUT2D eigenvalue weighted by Crippen LogP contribution is -2.20. The second-order valence-electron chi connectivity index (χ2n) is 4.36. The summed E-state index contributed by atoms with van der Waals surface area (Å²) in [5.74, 6) is -0.866. The molecule has 20 heavy (non-hydrogen) atoms. The Morgan fingerprint density at radius 2 is 1.90 bits per heavy atom. The minimum absolute atomic E-state index is 0.169. The van der Waals surface area contributed by atoms with Crippen LogP contribution in [-0.2, 0) is 21.3 Å². The van der Waals surface area contributed by atoms with Gasteiger partial charge in [0.2, 0.25) is 5.91 Å². The first kappa shape index (κ1) is 14.4. The van der Waals surface area contributed by atoms with Crippen LogP contribution in [0.2, 0.25) is 0 Å². The first-order valence-corrected chi connectivity index (χ1v) is 7.52. The molecule has 0 fully saturated rings. The average Bonchev–Trinajstić information content (AvgIpc) is 2.38. The number of carbonyl (C=O) groups is 1. The fourth-order valence-corrected chi connectivity index (χ4v) is 2.98. The van der Waals surface area contributed by atoms with Crippen molar-refractivity contribution in [1.82, 2.24) is 0 Å². The van der Waals surface area contributed by atoms with Crippen molar-refractivity contribution in [2.75, 3.05) is 5.75 Å². The zero-order chi connectivity index (χ0) is 14.5. The van der Waals surface area contributed by atoms with Crippen LogP contribution >= 0.6 is 0 Å². The second-order valence-corrected chi connectivity index (χ2v) is 5.82. The van der Waals surface area contributed by atoms with Crippen LogP contribution in [0.1, 0.15) is 5.56 Å². The maximum atomic E-state index is 13.3. The second kappa shape index (κ2) is 6.43. The number of benzene rings is 2. The lowest BCUT2D eigenvalue weighted by Gasteiger charge is -2.09. The monoisotopic (exact) mass is 291 g/mol. The van der Waals surface area contributed by atoms with E-state index in [0.29, 0.717) is 0 Å². The standard InChI is InChI=1S/C15H14FNO2S/c16-13-6-3-5-11(8-13)14-7-2-1-4-12(14)9-20(19)10-15(17)18/h1-8H,9-10H2,(H2,17,18)/t20-/m1/s1. The van der Waals surface area contributed by atoms with Gasteiger partial charge in [0.1, 0.15) is 11.6 Å². The molecule has 2 N–H and O–H groups in total. The molecule has 0 unspecified atom stereocenters. The van der Waals surface area contributed by atoms with Crippen LogP contribution < -0.4 is 5.73 Å². The number of primary amides is 1. The SMILES string of the molecule is NC(=O)C[S@](=O)Cc1ccccc1-c1cccc(F)c1. The van der Waals surface area contributed by atoms with Crippen LogP contribution in [0.5, 0.6) is 0 Å². The van der Waals surface area contributed by atoms with E-state index in [-0.39, 0.29) is 17.3 Å². The first-order valence-electron chi connectivity index (χ1n) is 6.03. The summed E-state index contributed by atoms with van der Waals surface area (Å²) in [6.45, 7) is 0. The zero-order valence-electron chi connectivity index (χ0n) is 10.7. The van der Waals surface area contributed by atoms with Crippen LogP contribution in [0.3, 0.4) is 0 Å². The van der Waals surface area contributed by atoms with E-state index in [0.717, 1.165) is 16.7 Å². The summed E-state index contributed by atoms with van der Waals surface area (Å²) in [7, 11) is -1.36. The van der Waals surface area contributed by atoms with Crippen molar-refractivity contribution in [2.45, 2.75) is 5.75 Å². The molecule has 0 heterocycles. The quantitative estimate of drug-likeness (QED) is 0.918. The molecule has 3 nitrogen and oxygen atoms in total. The summed E-state index contributed by atoms with van der Waals surface area (Å²) in [5, 5.41) is 0. The summed E-state index contributed by atoms with van der Waals surface area (Å²) in [5.41, 5.74) is 7.37. The van der Waals surface area contributed by atoms with Gasteiger partial charge < -0.3 is 5.73 Å². The van der Waals surface area contributed by atoms with Gasteiger partial charge in [-0.25, -0.2) is 4.39 Å². The van der Waals surface area contributed by atoms with Crippen LogP contribution in [-0.4, -0.2) is 15.9 Å². The largest absolute Gasteiger partial charge is 0.369 e. The molecular formula is C15H14FNO2S. The van der Waals surface area contributed by atoms with Crippen molar-refractivity contribution >= 4 is 16.7 Å². The first-order chi connectivity index (χ1) is 9.56. The maximum Gasteiger partial charge on any atom is 0.230 e. The predicted octanol–water partition coefficient (Wildman–Crippen LogP) is 2.23. The summed E-state index contributed by atoms with van der Waals surface area (Å²) in [4.78, 5) is 10.8. The van der Waals surface area contributed by atoms with E-state index in [9.17, 15) is 13.4 Å². The molecular weight excluding hydrogens is 277 g/mol. The zero-order valence-corrected chi connectivity index (χ0v) is 11.5. The van der Waals surface area contributed by atoms with Gasteiger partial charge >= 0.3 is 0 Å². The lowest BCUT2D eigenvalue weighted by molar-refractivity contribution is -0.115. The fraction of sp³-hybridized carbons (Fsp3) is 0.133. The van der Waals surface area contributed by atoms with Crippen molar-refractivity contribution < 1.29 is 13.4 Å². The van der Waals surface area contributed by atoms with Gasteiger partial charge in [-0.1, -0.05) is 36.4 Å². The molecule has 0 spiro atoms. The topological polar surface area (TPSA) is 60.2 Å². The number of halogens is 1. The van der Waals surface area contributed by atoms with Gasteiger partial charge in [-0.15, -0.1) is 0 Å². The van der Waals surface area contributed by atoms with Gasteiger partial charge in [-0.05, 0) is 28.8 Å². The van der Waals surface area contributed by atoms with E-state index in [1.54, 1.807) is 12.1 Å². The number of carbonyl (C=O) groups excluding carboxylic acids is 1. The Labute approximate surface area is 119 Å². The highest BCUT2D eigenvalue weighted by molar-refractivity contribution is 7.84. The summed E-state index contributed by atoms with van der Waals surface area (Å²) >= 11 is 0. The van der Waals surface area contributed by atoms with Crippen LogP contribution in [0, 0.1) is 5.82 Å². The van der Waals surface area contributed by atoms with E-state index in [1.807, 2.05) is 24.3 Å². The molecule has 0 bridgehead atoms. The summed E-state index contributed by atoms with van der Waals surface area (Å²) < 4.78 is 25.1. The van der Waals surface area contributed by atoms with Crippen molar-refractivity contribution in [1.29, 1.82) is 0 Å². The van der Waals surface area contributed by atoms with Gasteiger partial charge in [0.15, 0.2) is 0 Å². The van der Waals surface area contributed by atoms with Gasteiger partial charge in [-0.3, -0.25) is 9.00 Å². The van der Waals surface area contributed by atoms with Gasteiger partial charge in [0.05, 0.1) is 0 Å². The molecule has 0 aromatic heterocycles. The lowest BCUT2D eigenvalue weighted by atomic mass is 10.0. The molecule has 1 amide bonds. The molecule has 2 rings (SSSR count). The molecule has 0 aliphatic carbocycles. The highest BCUT2D eigenvalue weighted by Gasteiger charge is 2.10. The Kier molecular flexibility index (Phi) is 4.63. The van der Waals surface area contributed by atoms with Gasteiger partial charge in [0, 0.05) is 16.6 Å². The normalized spacial score (nSPS) is 12.1. The van der Waals surface area contributed by atoms with E-state index < -0.39 is 16.7 Å². The Hall–Kier alpha value is -2.01. The van der Waals surface area contributed by atoms with Crippen LogP contribution in [0.15, 0.2) is 48.5 Å². The van der Waals surface area contributed by atoms with Crippen LogP contribution in [0.4, 0.5) is 4.39 Å². The van der Waals surface area contributed by atoms with Gasteiger partial charge in [-0.2, -0.15) is 0 Å². The number of nitrogens with two attached hydrogens (primary N) is 1. The highest BCUT2D eigenvalue weighted by Crippen LogP contribution is 2.25. The molecule has 2 aromatic carbocycles. The van der Waals surface area contributed by atoms with Crippen molar-refractivity contribution in [3.05, 3.63) is 59.9 Å². The molecule has 0 aliphatic heterocycles. The smallest absolute Gasteiger partial charge is 0.230 e. The minimum Gasteiger partial charge on any atom is -0.369 e. The predicted molar refractivity (Wildman–Crippen MR) is 77.7 cm³/mol. The third-order valence-electron chi connectivity index (χ3n) is 2.77. The number of amides is 1. The molecule has 5 heteroatoms. The number of rotatable bonds is 5. The van der Waals surface area contributed by atoms with E-state index in [4.69, 9.17) is 5.73 Å². The van der Waals surface area contributed by atoms with Crippen molar-refractivity contribution in [2.24, 2.45) is 5.73 Å². The molecule has 2 aromatic rings. The van der Waals surface area contributed by atoms with Crippen LogP contribution in [0.25, 0.3) is 11.1 Å². The molecule has 0 saturated heterocycles. The Balaban J connectivity index is 2.31. The number of hydrogen-bond donors (Lipinski definition) is 1. The third-order valence-corrected chi connectivity index (χ3v) is 4.01. The molecule has 0 saturated carbocycles. The Morgan fingerprint density at radius 1 is 1.15 bits per heavy atom. The Morgan fingerprint density at radius 3 is 2.60 bits per heavy atom. The molecule has 104 valence electrons. The molecule has 0 aliphatic rings. The minimum atomic E-state index is -1.36. The van der Waals surface area contributed by atoms with Crippen molar-refractivity contribution in [3.8, 4) is 11.1 Å². The maximum absolute atomic E-state index is 13.3. The average molecular weight is 291 g/mol. The third kappa shape index (κ3) is 3.74. The van der Waals surface area contributed by atoms with E-state index >= 15 is 0 Å². The molecule has 0 radical (unpaired) electrons. The van der Waals surface area contributed by atoms with E-state index in [1.165, 1.54) is 12.1 Å². The van der Waals surface area contributed by atoms with Gasteiger partial charge in [0.25, 0.3) is 0 Å². The number of hydrogen-bond acceptors (Lipinski definition) is 2.